The third-order valence-corrected chi connectivity index (χ3v) is 3.82. The normalized spacial score (nSPS) is 22.4. The summed E-state index contributed by atoms with van der Waals surface area (Å²) in [4.78, 5) is 11.8. The van der Waals surface area contributed by atoms with Gasteiger partial charge in [0.2, 0.25) is 0 Å². The SMILES string of the molecule is Cc1ccc(Cl)c(OCC(=O)NC2CCC(O)CC2)c1. The number of aliphatic hydroxyl groups excluding tert-OH is 1. The highest BCUT2D eigenvalue weighted by Crippen LogP contribution is 2.25. The van der Waals surface area contributed by atoms with Crippen LogP contribution in [0.15, 0.2) is 18.2 Å². The van der Waals surface area contributed by atoms with Gasteiger partial charge < -0.3 is 15.2 Å². The molecule has 0 bridgehead atoms. The number of halogens is 1. The summed E-state index contributed by atoms with van der Waals surface area (Å²) in [6, 6.07) is 5.60. The van der Waals surface area contributed by atoms with Crippen LogP contribution in [0.5, 0.6) is 5.75 Å². The molecule has 0 unspecified atom stereocenters. The lowest BCUT2D eigenvalue weighted by molar-refractivity contribution is -0.124. The Bertz CT molecular complexity index is 470. The summed E-state index contributed by atoms with van der Waals surface area (Å²) in [5.74, 6) is 0.379. The van der Waals surface area contributed by atoms with Crippen molar-refractivity contribution in [3.63, 3.8) is 0 Å². The number of carbonyl (C=O) groups is 1. The Morgan fingerprint density at radius 1 is 1.40 bits per heavy atom. The van der Waals surface area contributed by atoms with E-state index in [9.17, 15) is 9.90 Å². The topological polar surface area (TPSA) is 58.6 Å². The Labute approximate surface area is 124 Å². The van der Waals surface area contributed by atoms with Crippen LogP contribution in [0, 0.1) is 6.92 Å². The summed E-state index contributed by atoms with van der Waals surface area (Å²) in [6.45, 7) is 1.90. The van der Waals surface area contributed by atoms with Crippen LogP contribution in [0.4, 0.5) is 0 Å². The molecule has 1 saturated carbocycles. The van der Waals surface area contributed by atoms with E-state index < -0.39 is 0 Å². The monoisotopic (exact) mass is 297 g/mol. The van der Waals surface area contributed by atoms with Crippen LogP contribution in [-0.4, -0.2) is 29.8 Å². The number of carbonyl (C=O) groups excluding carboxylic acids is 1. The summed E-state index contributed by atoms with van der Waals surface area (Å²) in [5, 5.41) is 12.8. The molecule has 0 heterocycles. The molecule has 0 saturated heterocycles. The molecule has 2 rings (SSSR count). The van der Waals surface area contributed by atoms with E-state index in [4.69, 9.17) is 16.3 Å². The van der Waals surface area contributed by atoms with Crippen LogP contribution in [0.2, 0.25) is 5.02 Å². The minimum atomic E-state index is -0.217. The molecule has 2 N–H and O–H groups in total. The Morgan fingerprint density at radius 2 is 2.10 bits per heavy atom. The molecule has 0 radical (unpaired) electrons. The molecule has 1 aromatic carbocycles. The average molecular weight is 298 g/mol. The van der Waals surface area contributed by atoms with E-state index >= 15 is 0 Å². The predicted octanol–water partition coefficient (Wildman–Crippen LogP) is 2.45. The first-order valence-corrected chi connectivity index (χ1v) is 7.29. The predicted molar refractivity (Wildman–Crippen MR) is 78.1 cm³/mol. The largest absolute Gasteiger partial charge is 0.482 e. The minimum Gasteiger partial charge on any atom is -0.482 e. The molecule has 1 amide bonds. The van der Waals surface area contributed by atoms with Crippen molar-refractivity contribution < 1.29 is 14.6 Å². The van der Waals surface area contributed by atoms with Gasteiger partial charge in [-0.15, -0.1) is 0 Å². The van der Waals surface area contributed by atoms with Crippen molar-refractivity contribution in [2.45, 2.75) is 44.8 Å². The zero-order valence-electron chi connectivity index (χ0n) is 11.6. The van der Waals surface area contributed by atoms with Crippen molar-refractivity contribution >= 4 is 17.5 Å². The van der Waals surface area contributed by atoms with E-state index in [0.29, 0.717) is 10.8 Å². The van der Waals surface area contributed by atoms with Crippen LogP contribution >= 0.6 is 11.6 Å². The first-order valence-electron chi connectivity index (χ1n) is 6.91. The average Bonchev–Trinajstić information content (AvgIpc) is 2.42. The van der Waals surface area contributed by atoms with Gasteiger partial charge in [0.15, 0.2) is 6.61 Å². The van der Waals surface area contributed by atoms with Crippen molar-refractivity contribution in [3.05, 3.63) is 28.8 Å². The molecule has 5 heteroatoms. The highest BCUT2D eigenvalue weighted by atomic mass is 35.5. The molecule has 1 aliphatic rings. The Kier molecular flexibility index (Phi) is 5.26. The number of benzene rings is 1. The molecule has 0 aliphatic heterocycles. The van der Waals surface area contributed by atoms with E-state index in [1.807, 2.05) is 19.1 Å². The fraction of sp³-hybridized carbons (Fsp3) is 0.533. The molecule has 0 aromatic heterocycles. The first kappa shape index (κ1) is 15.1. The molecule has 0 atom stereocenters. The second-order valence-electron chi connectivity index (χ2n) is 5.30. The Morgan fingerprint density at radius 3 is 2.80 bits per heavy atom. The third kappa shape index (κ3) is 4.39. The maximum absolute atomic E-state index is 11.8. The van der Waals surface area contributed by atoms with E-state index in [2.05, 4.69) is 5.32 Å². The van der Waals surface area contributed by atoms with E-state index in [-0.39, 0.29) is 24.7 Å². The molecule has 20 heavy (non-hydrogen) atoms. The second kappa shape index (κ2) is 6.95. The molecular weight excluding hydrogens is 278 g/mol. The zero-order valence-corrected chi connectivity index (χ0v) is 12.3. The van der Waals surface area contributed by atoms with E-state index in [1.165, 1.54) is 0 Å². The number of nitrogens with one attached hydrogen (secondary N) is 1. The summed E-state index contributed by atoms with van der Waals surface area (Å²) in [6.07, 6.45) is 2.91. The zero-order chi connectivity index (χ0) is 14.5. The van der Waals surface area contributed by atoms with Crippen molar-refractivity contribution in [2.24, 2.45) is 0 Å². The highest BCUT2D eigenvalue weighted by molar-refractivity contribution is 6.32. The summed E-state index contributed by atoms with van der Waals surface area (Å²) in [7, 11) is 0. The standard InChI is InChI=1S/C15H20ClNO3/c1-10-2-7-13(16)14(8-10)20-9-15(19)17-11-3-5-12(18)6-4-11/h2,7-8,11-12,18H,3-6,9H2,1H3,(H,17,19). The van der Waals surface area contributed by atoms with Gasteiger partial charge in [0, 0.05) is 6.04 Å². The lowest BCUT2D eigenvalue weighted by Gasteiger charge is -2.26. The van der Waals surface area contributed by atoms with Gasteiger partial charge in [0.1, 0.15) is 5.75 Å². The van der Waals surface area contributed by atoms with Crippen molar-refractivity contribution in [1.29, 1.82) is 0 Å². The number of amides is 1. The number of hydrogen-bond donors (Lipinski definition) is 2. The van der Waals surface area contributed by atoms with Crippen LogP contribution in [0.3, 0.4) is 0 Å². The van der Waals surface area contributed by atoms with Gasteiger partial charge in [-0.1, -0.05) is 17.7 Å². The number of aryl methyl sites for hydroxylation is 1. The fourth-order valence-electron chi connectivity index (χ4n) is 2.35. The number of ether oxygens (including phenoxy) is 1. The van der Waals surface area contributed by atoms with Crippen LogP contribution in [-0.2, 0) is 4.79 Å². The Hall–Kier alpha value is -1.26. The van der Waals surface area contributed by atoms with Crippen molar-refractivity contribution in [1.82, 2.24) is 5.32 Å². The fourth-order valence-corrected chi connectivity index (χ4v) is 2.53. The van der Waals surface area contributed by atoms with Gasteiger partial charge >= 0.3 is 0 Å². The number of hydrogen-bond acceptors (Lipinski definition) is 3. The maximum atomic E-state index is 11.8. The minimum absolute atomic E-state index is 0.0395. The molecule has 1 fully saturated rings. The second-order valence-corrected chi connectivity index (χ2v) is 5.70. The van der Waals surface area contributed by atoms with Gasteiger partial charge in [-0.3, -0.25) is 4.79 Å². The van der Waals surface area contributed by atoms with Gasteiger partial charge in [-0.25, -0.2) is 0 Å². The highest BCUT2D eigenvalue weighted by Gasteiger charge is 2.20. The molecule has 4 nitrogen and oxygen atoms in total. The van der Waals surface area contributed by atoms with Gasteiger partial charge in [-0.05, 0) is 50.3 Å². The molecular formula is C15H20ClNO3. The lowest BCUT2D eigenvalue weighted by atomic mass is 9.93. The van der Waals surface area contributed by atoms with Crippen LogP contribution in [0.25, 0.3) is 0 Å². The van der Waals surface area contributed by atoms with Crippen molar-refractivity contribution in [3.8, 4) is 5.75 Å². The molecule has 1 aromatic rings. The maximum Gasteiger partial charge on any atom is 0.258 e. The van der Waals surface area contributed by atoms with Gasteiger partial charge in [-0.2, -0.15) is 0 Å². The van der Waals surface area contributed by atoms with Gasteiger partial charge in [0.25, 0.3) is 5.91 Å². The van der Waals surface area contributed by atoms with Crippen molar-refractivity contribution in [2.75, 3.05) is 6.61 Å². The third-order valence-electron chi connectivity index (χ3n) is 3.51. The first-order chi connectivity index (χ1) is 9.54. The lowest BCUT2D eigenvalue weighted by Crippen LogP contribution is -2.40. The van der Waals surface area contributed by atoms with E-state index in [1.54, 1.807) is 6.07 Å². The Balaban J connectivity index is 1.79. The number of aliphatic hydroxyl groups is 1. The summed E-state index contributed by atoms with van der Waals surface area (Å²) in [5.41, 5.74) is 1.03. The van der Waals surface area contributed by atoms with Crippen LogP contribution in [0.1, 0.15) is 31.2 Å². The quantitative estimate of drug-likeness (QED) is 0.897. The smallest absolute Gasteiger partial charge is 0.258 e. The molecule has 1 aliphatic carbocycles. The molecule has 0 spiro atoms. The van der Waals surface area contributed by atoms with Gasteiger partial charge in [0.05, 0.1) is 11.1 Å². The number of rotatable bonds is 4. The summed E-state index contributed by atoms with van der Waals surface area (Å²) >= 11 is 6.00. The molecule has 110 valence electrons. The summed E-state index contributed by atoms with van der Waals surface area (Å²) < 4.78 is 5.45. The van der Waals surface area contributed by atoms with Crippen LogP contribution < -0.4 is 10.1 Å². The van der Waals surface area contributed by atoms with E-state index in [0.717, 1.165) is 31.2 Å².